The summed E-state index contributed by atoms with van der Waals surface area (Å²) in [4.78, 5) is 52.0. The zero-order valence-electron chi connectivity index (χ0n) is 83.8. The number of nitrogens with zero attached hydrogens (tertiary/aromatic N) is 23. The van der Waals surface area contributed by atoms with E-state index >= 15 is 0 Å². The van der Waals surface area contributed by atoms with E-state index in [-0.39, 0.29) is 127 Å². The van der Waals surface area contributed by atoms with Gasteiger partial charge in [-0.05, 0) is 234 Å². The van der Waals surface area contributed by atoms with Crippen LogP contribution in [0.15, 0.2) is 214 Å². The molecule has 8 bridgehead atoms. The molecular formula is C112H108F8N26O3. The molecule has 29 nitrogen and oxygen atoms in total. The van der Waals surface area contributed by atoms with Crippen molar-refractivity contribution in [2.75, 3.05) is 6.61 Å². The molecular weight excluding hydrogens is 1910 g/mol. The van der Waals surface area contributed by atoms with Gasteiger partial charge in [-0.2, -0.15) is 35.7 Å². The molecule has 11 atom stereocenters. The van der Waals surface area contributed by atoms with Gasteiger partial charge in [0.2, 0.25) is 11.8 Å². The summed E-state index contributed by atoms with van der Waals surface area (Å²) in [6.07, 6.45) is 23.0. The number of aliphatic hydroxyl groups is 1. The number of carbonyl (C=O) groups is 2. The average Bonchev–Trinajstić information content (AvgIpc) is 1.53. The largest absolute Gasteiger partial charge is 0.401 e. The predicted octanol–water partition coefficient (Wildman–Crippen LogP) is 19.1. The number of fused-ring (bicyclic) bond motifs is 20. The van der Waals surface area contributed by atoms with E-state index in [0.717, 1.165) is 147 Å². The molecule has 0 aliphatic heterocycles. The Balaban J connectivity index is 0.000000116. The molecule has 0 spiro atoms. The number of hydrogen-bond donors (Lipinski definition) is 4. The van der Waals surface area contributed by atoms with Crippen LogP contribution in [0, 0.1) is 86.0 Å². The third-order valence-corrected chi connectivity index (χ3v) is 33.5. The summed E-state index contributed by atoms with van der Waals surface area (Å²) in [5.41, 5.74) is 29.5. The van der Waals surface area contributed by atoms with E-state index in [1.54, 1.807) is 75.8 Å². The molecule has 4 fully saturated rings. The van der Waals surface area contributed by atoms with Crippen molar-refractivity contribution < 1.29 is 49.8 Å². The lowest BCUT2D eigenvalue weighted by Crippen LogP contribution is -2.38. The van der Waals surface area contributed by atoms with Gasteiger partial charge in [0.1, 0.15) is 52.2 Å². The highest BCUT2D eigenvalue weighted by Gasteiger charge is 2.69. The first-order valence-corrected chi connectivity index (χ1v) is 49.8. The summed E-state index contributed by atoms with van der Waals surface area (Å²) in [7, 11) is 0. The van der Waals surface area contributed by atoms with Crippen molar-refractivity contribution in [3.8, 4) is 90.5 Å². The average molecular weight is 2020 g/mol. The van der Waals surface area contributed by atoms with Crippen LogP contribution in [0.4, 0.5) is 35.1 Å². The Kier molecular flexibility index (Phi) is 24.9. The number of rotatable bonds is 23. The van der Waals surface area contributed by atoms with E-state index in [4.69, 9.17) is 37.1 Å². The number of benzene rings is 4. The highest BCUT2D eigenvalue weighted by atomic mass is 19.2. The van der Waals surface area contributed by atoms with Gasteiger partial charge in [0.25, 0.3) is 0 Å². The number of carbonyl (C=O) groups excluding carboxylic acids is 2. The fourth-order valence-electron chi connectivity index (χ4n) is 25.7. The van der Waals surface area contributed by atoms with E-state index in [1.807, 2.05) is 92.2 Å². The van der Waals surface area contributed by atoms with Crippen LogP contribution in [0.5, 0.6) is 0 Å². The van der Waals surface area contributed by atoms with E-state index in [1.165, 1.54) is 72.8 Å². The van der Waals surface area contributed by atoms with Crippen LogP contribution in [0.25, 0.3) is 90.5 Å². The van der Waals surface area contributed by atoms with Gasteiger partial charge in [-0.25, -0.2) is 55.1 Å². The monoisotopic (exact) mass is 2020 g/mol. The van der Waals surface area contributed by atoms with Gasteiger partial charge in [0, 0.05) is 61.0 Å². The minimum Gasteiger partial charge on any atom is -0.401 e. The van der Waals surface area contributed by atoms with Crippen LogP contribution in [0.3, 0.4) is 0 Å². The second kappa shape index (κ2) is 37.3. The molecule has 0 radical (unpaired) electrons. The van der Waals surface area contributed by atoms with Crippen molar-refractivity contribution in [3.05, 3.63) is 328 Å². The fraction of sp³-hybridized carbons (Fsp3) is 0.348. The number of allylic oxidation sites excluding steroid dienone is 1. The highest BCUT2D eigenvalue weighted by molar-refractivity contribution is 5.77. The van der Waals surface area contributed by atoms with Crippen molar-refractivity contribution in [1.82, 2.24) is 115 Å². The zero-order chi connectivity index (χ0) is 105. The number of pyridine rings is 2. The quantitative estimate of drug-likeness (QED) is 0.0432. The summed E-state index contributed by atoms with van der Waals surface area (Å²) < 4.78 is 123. The van der Waals surface area contributed by atoms with Gasteiger partial charge in [-0.1, -0.05) is 124 Å². The number of primary amides is 2. The molecule has 0 unspecified atom stereocenters. The lowest BCUT2D eigenvalue weighted by molar-refractivity contribution is -0.122. The molecule has 8 aliphatic carbocycles. The Labute approximate surface area is 852 Å². The van der Waals surface area contributed by atoms with Crippen LogP contribution >= 0.6 is 0 Å². The van der Waals surface area contributed by atoms with Gasteiger partial charge >= 0.3 is 0 Å². The maximum Gasteiger partial charge on any atom is 0.222 e. The van der Waals surface area contributed by atoms with E-state index in [0.29, 0.717) is 49.2 Å². The maximum absolute atomic E-state index is 14.5. The molecule has 16 aromatic rings. The Hall–Kier alpha value is -15.7. The van der Waals surface area contributed by atoms with Crippen LogP contribution < -0.4 is 17.2 Å². The summed E-state index contributed by atoms with van der Waals surface area (Å²) in [6.45, 7) is 28.7. The van der Waals surface area contributed by atoms with Crippen molar-refractivity contribution in [3.63, 3.8) is 0 Å². The molecule has 149 heavy (non-hydrogen) atoms. The van der Waals surface area contributed by atoms with Crippen LogP contribution in [0.1, 0.15) is 219 Å². The van der Waals surface area contributed by atoms with Crippen LogP contribution in [-0.2, 0) is 57.4 Å². The first-order chi connectivity index (χ1) is 71.2. The Morgan fingerprint density at radius 1 is 0.369 bits per heavy atom. The normalized spacial score (nSPS) is 21.9. The Bertz CT molecular complexity index is 7720. The number of aromatic nitrogens is 23. The van der Waals surface area contributed by atoms with Gasteiger partial charge in [0.15, 0.2) is 11.6 Å². The highest BCUT2D eigenvalue weighted by Crippen LogP contribution is 2.74. The number of nitrogens with two attached hydrogens (primary N) is 3. The molecule has 4 saturated carbocycles. The topological polar surface area (TPSA) is 397 Å². The molecule has 4 aromatic carbocycles. The van der Waals surface area contributed by atoms with Gasteiger partial charge in [-0.3, -0.25) is 38.3 Å². The number of halogens is 8. The summed E-state index contributed by atoms with van der Waals surface area (Å²) in [5.74, 6) is -4.99. The predicted molar refractivity (Wildman–Crippen MR) is 537 cm³/mol. The molecule has 24 rings (SSSR count). The first-order valence-electron chi connectivity index (χ1n) is 49.8. The van der Waals surface area contributed by atoms with Crippen molar-refractivity contribution >= 4 is 11.8 Å². The van der Waals surface area contributed by atoms with Gasteiger partial charge in [-0.15, -0.1) is 25.5 Å². The zero-order valence-corrected chi connectivity index (χ0v) is 83.8. The van der Waals surface area contributed by atoms with Crippen molar-refractivity contribution in [1.29, 1.82) is 0 Å². The lowest BCUT2D eigenvalue weighted by atomic mass is 9.66. The first kappa shape index (κ1) is 99.3. The van der Waals surface area contributed by atoms with E-state index in [2.05, 4.69) is 138 Å². The smallest absolute Gasteiger partial charge is 0.222 e. The molecule has 12 heterocycles. The fourth-order valence-corrected chi connectivity index (χ4v) is 25.7. The molecule has 7 N–H and O–H groups in total. The Morgan fingerprint density at radius 3 is 1.01 bits per heavy atom. The number of amides is 2. The molecule has 8 aliphatic rings. The number of hydrogen-bond acceptors (Lipinski definition) is 23. The molecule has 2 amide bonds. The summed E-state index contributed by atoms with van der Waals surface area (Å²) >= 11 is 0. The summed E-state index contributed by atoms with van der Waals surface area (Å²) in [5, 5.41) is 66.5. The van der Waals surface area contributed by atoms with Gasteiger partial charge in [0.05, 0.1) is 185 Å². The minimum absolute atomic E-state index is 0.0493. The SMILES string of the molecule is C=C(N)Cn1cc(-c2nccc([C@@]34CC[C@@H](c5cc(-c6c(F)cccc6F)nnc53)C4(C)C)n2)cn1.C[C@@H](Cn1cc(-c2cccc([C@@]34CC[C@@H](c5cc(-c6c(F)cccc6F)nnc53)C4(C)C)n2)cn1)C(N)=O.C[C@H](CO)Cn1cc(-c2nccc([C@@]34CC[C@@H](c5cc(-c6c(F)cccc6F)nnc53)C4(C)C)n2)nn1.C[C@H](Cn1cc(-c2cccc([C@@]34CC[C@@H](c5cc(-c6c(F)cccc6F)nnc53)C4(C)C)n2)cn1)C(N)=O. The molecule has 760 valence electrons. The third-order valence-electron chi connectivity index (χ3n) is 33.5. The van der Waals surface area contributed by atoms with Crippen molar-refractivity contribution in [2.45, 2.75) is 199 Å². The van der Waals surface area contributed by atoms with Crippen LogP contribution in [-0.4, -0.2) is 139 Å². The van der Waals surface area contributed by atoms with E-state index in [9.17, 15) is 49.8 Å². The minimum atomic E-state index is -0.659. The van der Waals surface area contributed by atoms with Crippen molar-refractivity contribution in [2.24, 2.45) is 56.6 Å². The third kappa shape index (κ3) is 16.0. The van der Waals surface area contributed by atoms with Gasteiger partial charge < -0.3 is 22.3 Å². The second-order valence-corrected chi connectivity index (χ2v) is 42.9. The number of aliphatic hydroxyl groups excluding tert-OH is 1. The molecule has 12 aromatic heterocycles. The second-order valence-electron chi connectivity index (χ2n) is 42.9. The lowest BCUT2D eigenvalue weighted by Gasteiger charge is -2.37. The maximum atomic E-state index is 14.5. The molecule has 37 heteroatoms. The van der Waals surface area contributed by atoms with Crippen LogP contribution in [0.2, 0.25) is 0 Å². The molecule has 0 saturated heterocycles. The standard InChI is InChI=1S/2C29H28F2N6O.C27H27F2N7O.C27H25F2N7/c2*1-16(27(32)38)14-37-15-17(13-33-37)22-8-5-9-24(34-22)29-11-10-19(28(29,2)3)18-12-23(35-36-26(18)29)25-20(30)6-4-7-21(25)31;1-15(14-37)12-36-13-21(33-35-36)25-30-10-8-22(31-25)27-9-7-17(26(27,2)3)16-11-20(32-34-24(16)27)23-18(28)5-4-6-19(23)29;1-15(30)13-36-14-16(12-32-36)25-31-10-8-22(33-25)27-9-7-18(26(27,2)3)17-11-21(34-35-24(17)27)23-19(28)5-4-6-20(23)29/h2*4-9,12-13,15-16,19H,10-11,14H2,1-3H3,(H2,32,38);4-6,8,10-11,13,15,17,37H,7,9,12,14H2,1-3H3;4-6,8,10-12,14,18H,1,7,9,13,30H2,2-3H3/t16-,19+,29+;16-,19-,29-;15-,17-,27-;18-,27-/m1000/s1. The summed E-state index contributed by atoms with van der Waals surface area (Å²) in [6, 6.07) is 38.2. The van der Waals surface area contributed by atoms with E-state index < -0.39 is 68.2 Å². The Morgan fingerprint density at radius 2 is 0.678 bits per heavy atom.